The fourth-order valence-corrected chi connectivity index (χ4v) is 6.99. The Balaban J connectivity index is 1.24. The van der Waals surface area contributed by atoms with Crippen LogP contribution in [-0.2, 0) is 9.59 Å². The predicted octanol–water partition coefficient (Wildman–Crippen LogP) is 8.85. The summed E-state index contributed by atoms with van der Waals surface area (Å²) in [4.78, 5) is 46.1. The average molecular weight is 745 g/mol. The Morgan fingerprint density at radius 3 is 2.26 bits per heavy atom. The zero-order chi connectivity index (χ0) is 37.2. The molecule has 0 aliphatic heterocycles. The molecule has 1 atom stereocenters. The molecule has 3 N–H and O–H groups in total. The van der Waals surface area contributed by atoms with Crippen molar-refractivity contribution >= 4 is 57.7 Å². The normalized spacial score (nSPS) is 11.6. The van der Waals surface area contributed by atoms with Crippen molar-refractivity contribution in [2.75, 3.05) is 24.9 Å². The Labute approximate surface area is 313 Å². The molecule has 5 aromatic carbocycles. The SMILES string of the molecule is COc1ccc(OC)c(/C=C(/NC(=O)c2ccccc2)C(=O)Nc2cccc(SC(C(=O)Nc3nc(-c4ccc(F)cc4)cs3)c3ccccc3)c2)c1. The van der Waals surface area contributed by atoms with Crippen LogP contribution in [0, 0.1) is 5.82 Å². The van der Waals surface area contributed by atoms with Crippen molar-refractivity contribution in [1.29, 1.82) is 0 Å². The standard InChI is InChI=1S/C41H33FN4O5S2/c1-50-32-20-21-36(51-2)29(22-32)23-34(44-38(47)28-12-7-4-8-13-28)39(48)43-31-14-9-15-33(24-31)53-37(27-10-5-3-6-11-27)40(49)46-41-45-35(25-52-41)26-16-18-30(42)19-17-26/h3-25,37H,1-2H3,(H,43,48)(H,44,47)(H,45,46,49)/b34-23+. The third kappa shape index (κ3) is 9.56. The summed E-state index contributed by atoms with van der Waals surface area (Å²) in [5.74, 6) is -0.685. The first-order valence-electron chi connectivity index (χ1n) is 16.2. The van der Waals surface area contributed by atoms with E-state index in [4.69, 9.17) is 9.47 Å². The van der Waals surface area contributed by atoms with Crippen LogP contribution in [0.5, 0.6) is 11.5 Å². The number of aromatic nitrogens is 1. The van der Waals surface area contributed by atoms with E-state index in [9.17, 15) is 18.8 Å². The Kier molecular flexibility index (Phi) is 11.9. The zero-order valence-corrected chi connectivity index (χ0v) is 30.2. The first-order chi connectivity index (χ1) is 25.8. The molecular weight excluding hydrogens is 712 g/mol. The van der Waals surface area contributed by atoms with Crippen molar-refractivity contribution < 1.29 is 28.2 Å². The molecule has 1 unspecified atom stereocenters. The molecule has 0 bridgehead atoms. The number of ether oxygens (including phenoxy) is 2. The van der Waals surface area contributed by atoms with Crippen LogP contribution in [0.1, 0.15) is 26.7 Å². The molecular formula is C41H33FN4O5S2. The van der Waals surface area contributed by atoms with Gasteiger partial charge in [-0.25, -0.2) is 9.37 Å². The third-order valence-electron chi connectivity index (χ3n) is 7.83. The highest BCUT2D eigenvalue weighted by Crippen LogP contribution is 2.38. The van der Waals surface area contributed by atoms with Crippen molar-refractivity contribution in [1.82, 2.24) is 10.3 Å². The minimum atomic E-state index is -0.679. The summed E-state index contributed by atoms with van der Waals surface area (Å²) < 4.78 is 24.3. The molecule has 0 fully saturated rings. The van der Waals surface area contributed by atoms with Gasteiger partial charge in [0, 0.05) is 32.7 Å². The van der Waals surface area contributed by atoms with Gasteiger partial charge < -0.3 is 25.4 Å². The molecule has 0 radical (unpaired) electrons. The molecule has 0 spiro atoms. The molecule has 0 saturated heterocycles. The fourth-order valence-electron chi connectivity index (χ4n) is 5.19. The summed E-state index contributed by atoms with van der Waals surface area (Å²) in [6, 6.07) is 36.1. The lowest BCUT2D eigenvalue weighted by atomic mass is 10.1. The largest absolute Gasteiger partial charge is 0.497 e. The molecule has 6 aromatic rings. The summed E-state index contributed by atoms with van der Waals surface area (Å²) in [6.07, 6.45) is 1.52. The van der Waals surface area contributed by atoms with Crippen LogP contribution in [0.4, 0.5) is 15.2 Å². The van der Waals surface area contributed by atoms with Crippen LogP contribution in [-0.4, -0.2) is 36.9 Å². The third-order valence-corrected chi connectivity index (χ3v) is 9.83. The quantitative estimate of drug-likeness (QED) is 0.0799. The Morgan fingerprint density at radius 2 is 1.55 bits per heavy atom. The van der Waals surface area contributed by atoms with Crippen molar-refractivity contribution in [3.8, 4) is 22.8 Å². The molecule has 12 heteroatoms. The van der Waals surface area contributed by atoms with Gasteiger partial charge in [-0.3, -0.25) is 14.4 Å². The number of rotatable bonds is 13. The number of nitrogens with zero attached hydrogens (tertiary/aromatic N) is 1. The molecule has 0 aliphatic carbocycles. The smallest absolute Gasteiger partial charge is 0.272 e. The van der Waals surface area contributed by atoms with E-state index < -0.39 is 17.1 Å². The number of thiazole rings is 1. The van der Waals surface area contributed by atoms with Gasteiger partial charge in [0.1, 0.15) is 28.3 Å². The number of carbonyl (C=O) groups excluding carboxylic acids is 3. The second kappa shape index (κ2) is 17.3. The van der Waals surface area contributed by atoms with E-state index in [2.05, 4.69) is 20.9 Å². The highest BCUT2D eigenvalue weighted by Gasteiger charge is 2.24. The van der Waals surface area contributed by atoms with Gasteiger partial charge in [-0.05, 0) is 84.4 Å². The van der Waals surface area contributed by atoms with E-state index in [1.807, 2.05) is 36.4 Å². The summed E-state index contributed by atoms with van der Waals surface area (Å²) >= 11 is 2.57. The number of amides is 3. The van der Waals surface area contributed by atoms with E-state index in [1.165, 1.54) is 55.5 Å². The maximum absolute atomic E-state index is 13.9. The van der Waals surface area contributed by atoms with Gasteiger partial charge in [0.15, 0.2) is 5.13 Å². The zero-order valence-electron chi connectivity index (χ0n) is 28.5. The van der Waals surface area contributed by atoms with Gasteiger partial charge in [0.05, 0.1) is 19.9 Å². The van der Waals surface area contributed by atoms with Crippen LogP contribution in [0.3, 0.4) is 0 Å². The number of benzene rings is 5. The second-order valence-corrected chi connectivity index (χ2v) is 13.4. The monoisotopic (exact) mass is 744 g/mol. The molecule has 1 heterocycles. The van der Waals surface area contributed by atoms with Crippen molar-refractivity contribution in [3.05, 3.63) is 161 Å². The summed E-state index contributed by atoms with van der Waals surface area (Å²) in [7, 11) is 3.04. The highest BCUT2D eigenvalue weighted by atomic mass is 32.2. The first kappa shape index (κ1) is 36.5. The van der Waals surface area contributed by atoms with E-state index in [1.54, 1.807) is 84.2 Å². The maximum atomic E-state index is 13.9. The van der Waals surface area contributed by atoms with Gasteiger partial charge in [0.2, 0.25) is 5.91 Å². The average Bonchev–Trinajstić information content (AvgIpc) is 3.65. The van der Waals surface area contributed by atoms with Crippen molar-refractivity contribution in [3.63, 3.8) is 0 Å². The summed E-state index contributed by atoms with van der Waals surface area (Å²) in [5, 5.41) is 10.1. The number of halogens is 1. The van der Waals surface area contributed by atoms with Crippen molar-refractivity contribution in [2.45, 2.75) is 10.1 Å². The number of carbonyl (C=O) groups is 3. The predicted molar refractivity (Wildman–Crippen MR) is 208 cm³/mol. The Hall–Kier alpha value is -6.24. The summed E-state index contributed by atoms with van der Waals surface area (Å²) in [6.45, 7) is 0. The van der Waals surface area contributed by atoms with Gasteiger partial charge in [0.25, 0.3) is 11.8 Å². The number of thioether (sulfide) groups is 1. The number of methoxy groups -OCH3 is 2. The number of hydrogen-bond donors (Lipinski definition) is 3. The molecule has 0 aliphatic rings. The highest BCUT2D eigenvalue weighted by molar-refractivity contribution is 8.00. The van der Waals surface area contributed by atoms with Gasteiger partial charge in [-0.15, -0.1) is 23.1 Å². The van der Waals surface area contributed by atoms with Crippen LogP contribution < -0.4 is 25.4 Å². The topological polar surface area (TPSA) is 119 Å². The molecule has 6 rings (SSSR count). The fraction of sp³-hybridized carbons (Fsp3) is 0.0732. The van der Waals surface area contributed by atoms with E-state index in [0.29, 0.717) is 44.0 Å². The lowest BCUT2D eigenvalue weighted by Gasteiger charge is -2.17. The minimum absolute atomic E-state index is 0.0338. The molecule has 9 nitrogen and oxygen atoms in total. The van der Waals surface area contributed by atoms with Gasteiger partial charge in [-0.2, -0.15) is 0 Å². The minimum Gasteiger partial charge on any atom is -0.497 e. The number of anilines is 2. The lowest BCUT2D eigenvalue weighted by Crippen LogP contribution is -2.30. The Bertz CT molecular complexity index is 2250. The molecule has 266 valence electrons. The second-order valence-electron chi connectivity index (χ2n) is 11.4. The van der Waals surface area contributed by atoms with Crippen LogP contribution in [0.2, 0.25) is 0 Å². The Morgan fingerprint density at radius 1 is 0.811 bits per heavy atom. The van der Waals surface area contributed by atoms with Crippen LogP contribution in [0.15, 0.2) is 143 Å². The first-order valence-corrected chi connectivity index (χ1v) is 18.0. The van der Waals surface area contributed by atoms with E-state index >= 15 is 0 Å². The number of hydrogen-bond acceptors (Lipinski definition) is 8. The van der Waals surface area contributed by atoms with Crippen LogP contribution in [0.25, 0.3) is 17.3 Å². The van der Waals surface area contributed by atoms with Crippen molar-refractivity contribution in [2.24, 2.45) is 0 Å². The molecule has 1 aromatic heterocycles. The molecule has 0 saturated carbocycles. The molecule has 3 amide bonds. The van der Waals surface area contributed by atoms with Crippen LogP contribution >= 0.6 is 23.1 Å². The number of nitrogens with one attached hydrogen (secondary N) is 3. The van der Waals surface area contributed by atoms with Gasteiger partial charge in [-0.1, -0.05) is 54.6 Å². The maximum Gasteiger partial charge on any atom is 0.272 e. The van der Waals surface area contributed by atoms with Gasteiger partial charge >= 0.3 is 0 Å². The van der Waals surface area contributed by atoms with E-state index in [-0.39, 0.29) is 17.4 Å². The molecule has 53 heavy (non-hydrogen) atoms. The lowest BCUT2D eigenvalue weighted by molar-refractivity contribution is -0.116. The van der Waals surface area contributed by atoms with E-state index in [0.717, 1.165) is 11.1 Å². The summed E-state index contributed by atoms with van der Waals surface area (Å²) in [5.41, 5.74) is 3.41.